The van der Waals surface area contributed by atoms with Crippen LogP contribution in [0.4, 0.5) is 0 Å². The van der Waals surface area contributed by atoms with Gasteiger partial charge in [0.1, 0.15) is 0 Å². The van der Waals surface area contributed by atoms with E-state index in [9.17, 15) is 4.79 Å². The maximum atomic E-state index is 13.2. The molecule has 1 fully saturated rings. The third-order valence-electron chi connectivity index (χ3n) is 8.02. The number of amides is 1. The molecular weight excluding hydrogens is 502 g/mol. The van der Waals surface area contributed by atoms with Gasteiger partial charge in [0.05, 0.1) is 0 Å². The van der Waals surface area contributed by atoms with E-state index >= 15 is 0 Å². The average Bonchev–Trinajstić information content (AvgIpc) is 3.00. The molecular formula is C37H51N3O. The Morgan fingerprint density at radius 2 is 1.71 bits per heavy atom. The summed E-state index contributed by atoms with van der Waals surface area (Å²) in [6.45, 7) is 20.8. The van der Waals surface area contributed by atoms with Gasteiger partial charge in [-0.1, -0.05) is 88.3 Å². The van der Waals surface area contributed by atoms with E-state index in [0.29, 0.717) is 5.57 Å². The van der Waals surface area contributed by atoms with Crippen molar-refractivity contribution in [1.29, 1.82) is 0 Å². The molecule has 1 N–H and O–H groups in total. The third kappa shape index (κ3) is 8.33. The Morgan fingerprint density at radius 1 is 1.00 bits per heavy atom. The third-order valence-corrected chi connectivity index (χ3v) is 8.02. The minimum atomic E-state index is 0.0867. The van der Waals surface area contributed by atoms with Crippen molar-refractivity contribution in [2.45, 2.75) is 80.1 Å². The van der Waals surface area contributed by atoms with Gasteiger partial charge in [0.25, 0.3) is 5.91 Å². The van der Waals surface area contributed by atoms with Crippen LogP contribution in [0.2, 0.25) is 0 Å². The number of carbonyl (C=O) groups is 1. The number of rotatable bonds is 12. The molecule has 0 atom stereocenters. The molecule has 2 aliphatic heterocycles. The second-order valence-corrected chi connectivity index (χ2v) is 11.1. The van der Waals surface area contributed by atoms with E-state index in [1.807, 2.05) is 23.3 Å². The number of piperazine rings is 1. The minimum Gasteiger partial charge on any atom is -0.336 e. The fourth-order valence-corrected chi connectivity index (χ4v) is 5.54. The van der Waals surface area contributed by atoms with Gasteiger partial charge in [-0.05, 0) is 86.5 Å². The monoisotopic (exact) mass is 553 g/mol. The highest BCUT2D eigenvalue weighted by atomic mass is 16.2. The number of allylic oxidation sites excluding steroid dienone is 9. The number of benzene rings is 1. The molecule has 2 heterocycles. The van der Waals surface area contributed by atoms with Gasteiger partial charge in [0.15, 0.2) is 0 Å². The maximum Gasteiger partial charge on any atom is 0.254 e. The van der Waals surface area contributed by atoms with Gasteiger partial charge >= 0.3 is 0 Å². The molecule has 0 aliphatic carbocycles. The molecule has 220 valence electrons. The van der Waals surface area contributed by atoms with E-state index in [4.69, 9.17) is 0 Å². The van der Waals surface area contributed by atoms with Crippen LogP contribution in [0.1, 0.15) is 91.2 Å². The topological polar surface area (TPSA) is 35.6 Å². The first-order chi connectivity index (χ1) is 19.9. The molecule has 41 heavy (non-hydrogen) atoms. The first kappa shape index (κ1) is 32.1. The first-order valence-corrected chi connectivity index (χ1v) is 15.6. The van der Waals surface area contributed by atoms with Crippen molar-refractivity contribution >= 4 is 17.1 Å². The summed E-state index contributed by atoms with van der Waals surface area (Å²) in [5.41, 5.74) is 10.6. The summed E-state index contributed by atoms with van der Waals surface area (Å²) < 4.78 is 0. The summed E-state index contributed by atoms with van der Waals surface area (Å²) in [4.78, 5) is 17.3. The van der Waals surface area contributed by atoms with E-state index in [1.54, 1.807) is 0 Å². The van der Waals surface area contributed by atoms with Crippen LogP contribution in [0.25, 0.3) is 11.1 Å². The predicted molar refractivity (Wildman–Crippen MR) is 177 cm³/mol. The normalized spacial score (nSPS) is 17.6. The fraction of sp³-hybridized carbons (Fsp3) is 0.432. The average molecular weight is 554 g/mol. The lowest BCUT2D eigenvalue weighted by molar-refractivity contribution is -0.127. The van der Waals surface area contributed by atoms with Crippen LogP contribution < -0.4 is 5.32 Å². The highest BCUT2D eigenvalue weighted by Crippen LogP contribution is 2.37. The number of hydrogen-bond donors (Lipinski definition) is 1. The molecule has 1 amide bonds. The van der Waals surface area contributed by atoms with Crippen molar-refractivity contribution in [2.75, 3.05) is 26.2 Å². The number of nitrogens with zero attached hydrogens (tertiary/aromatic N) is 2. The molecule has 2 aliphatic rings. The first-order valence-electron chi connectivity index (χ1n) is 15.6. The summed E-state index contributed by atoms with van der Waals surface area (Å²) in [5, 5.41) is 3.32. The second kappa shape index (κ2) is 16.2. The molecule has 0 aromatic heterocycles. The Labute approximate surface area is 249 Å². The van der Waals surface area contributed by atoms with E-state index in [0.717, 1.165) is 57.6 Å². The molecule has 1 aromatic rings. The summed E-state index contributed by atoms with van der Waals surface area (Å²) in [5.74, 6) is 0.0867. The number of hydrogen-bond acceptors (Lipinski definition) is 3. The number of carbonyl (C=O) groups excluding carboxylic acids is 1. The van der Waals surface area contributed by atoms with Crippen LogP contribution >= 0.6 is 0 Å². The standard InChI is InChI=1S/C37H51N3O/c1-8-12-16-28(5)19-20-32(29(6)10-3)33-17-13-14-18-34(33)35(15-9-2)36(11-4)40-24-21-31(27-30(40)7)37(41)39-25-22-38-23-26-39/h10,13-14,17-21,24,27,38H,7-9,11-12,15-16,22-23,25-26H2,1-6H3/b28-19+,29-10-,32-20+,36-35+. The second-order valence-electron chi connectivity index (χ2n) is 11.1. The van der Waals surface area contributed by atoms with Gasteiger partial charge in [-0.25, -0.2) is 0 Å². The van der Waals surface area contributed by atoms with Gasteiger partial charge < -0.3 is 15.1 Å². The zero-order valence-electron chi connectivity index (χ0n) is 26.4. The largest absolute Gasteiger partial charge is 0.336 e. The minimum absolute atomic E-state index is 0.0867. The Morgan fingerprint density at radius 3 is 2.32 bits per heavy atom. The predicted octanol–water partition coefficient (Wildman–Crippen LogP) is 8.80. The van der Waals surface area contributed by atoms with Crippen molar-refractivity contribution in [2.24, 2.45) is 0 Å². The van der Waals surface area contributed by atoms with Crippen molar-refractivity contribution in [1.82, 2.24) is 15.1 Å². The van der Waals surface area contributed by atoms with Gasteiger partial charge in [-0.15, -0.1) is 0 Å². The van der Waals surface area contributed by atoms with Crippen molar-refractivity contribution in [3.05, 3.63) is 107 Å². The van der Waals surface area contributed by atoms with Gasteiger partial charge in [-0.3, -0.25) is 4.79 Å². The molecule has 0 saturated carbocycles. The Kier molecular flexibility index (Phi) is 12.7. The Bertz CT molecular complexity index is 1260. The molecule has 0 bridgehead atoms. The van der Waals surface area contributed by atoms with Crippen LogP contribution in [0.15, 0.2) is 95.5 Å². The van der Waals surface area contributed by atoms with Gasteiger partial charge in [0, 0.05) is 49.3 Å². The summed E-state index contributed by atoms with van der Waals surface area (Å²) in [7, 11) is 0. The van der Waals surface area contributed by atoms with Crippen LogP contribution in [0.5, 0.6) is 0 Å². The van der Waals surface area contributed by atoms with E-state index in [2.05, 4.69) is 101 Å². The van der Waals surface area contributed by atoms with Crippen LogP contribution in [-0.4, -0.2) is 41.9 Å². The zero-order chi connectivity index (χ0) is 29.8. The van der Waals surface area contributed by atoms with Crippen molar-refractivity contribution < 1.29 is 4.79 Å². The highest BCUT2D eigenvalue weighted by Gasteiger charge is 2.24. The van der Waals surface area contributed by atoms with Crippen molar-refractivity contribution in [3.63, 3.8) is 0 Å². The molecule has 0 unspecified atom stereocenters. The maximum absolute atomic E-state index is 13.2. The number of nitrogens with one attached hydrogen (secondary N) is 1. The quantitative estimate of drug-likeness (QED) is 0.263. The SMILES string of the molecule is C=C1C=C(C(=O)N2CCNCC2)C=CN1/C(CC)=C(\CCC)c1ccccc1C(=C/C=C(\C)CCCC)/C(C)=C\C. The smallest absolute Gasteiger partial charge is 0.254 e. The van der Waals surface area contributed by atoms with Crippen LogP contribution in [-0.2, 0) is 4.79 Å². The van der Waals surface area contributed by atoms with E-state index < -0.39 is 0 Å². The lowest BCUT2D eigenvalue weighted by Crippen LogP contribution is -2.47. The lowest BCUT2D eigenvalue weighted by Gasteiger charge is -2.32. The summed E-state index contributed by atoms with van der Waals surface area (Å²) >= 11 is 0. The van der Waals surface area contributed by atoms with E-state index in [-0.39, 0.29) is 5.91 Å². The molecule has 4 nitrogen and oxygen atoms in total. The molecule has 0 radical (unpaired) electrons. The molecule has 0 spiro atoms. The molecule has 1 aromatic carbocycles. The lowest BCUT2D eigenvalue weighted by atomic mass is 9.87. The fourth-order valence-electron chi connectivity index (χ4n) is 5.54. The Balaban J connectivity index is 2.06. The summed E-state index contributed by atoms with van der Waals surface area (Å²) in [6, 6.07) is 8.83. The molecule has 1 saturated heterocycles. The van der Waals surface area contributed by atoms with Gasteiger partial charge in [0.2, 0.25) is 0 Å². The highest BCUT2D eigenvalue weighted by molar-refractivity contribution is 5.97. The molecule has 3 rings (SSSR count). The van der Waals surface area contributed by atoms with Crippen LogP contribution in [0.3, 0.4) is 0 Å². The number of unbranched alkanes of at least 4 members (excludes halogenated alkanes) is 1. The van der Waals surface area contributed by atoms with E-state index in [1.165, 1.54) is 52.0 Å². The summed E-state index contributed by atoms with van der Waals surface area (Å²) in [6.07, 6.45) is 19.2. The van der Waals surface area contributed by atoms with Crippen molar-refractivity contribution in [3.8, 4) is 0 Å². The van der Waals surface area contributed by atoms with Crippen LogP contribution in [0, 0.1) is 0 Å². The Hall–Kier alpha value is -3.37. The molecule has 4 heteroatoms. The zero-order valence-corrected chi connectivity index (χ0v) is 26.4. The van der Waals surface area contributed by atoms with Gasteiger partial charge in [-0.2, -0.15) is 0 Å².